The summed E-state index contributed by atoms with van der Waals surface area (Å²) < 4.78 is 2.70. The Balaban J connectivity index is 2.11. The van der Waals surface area contributed by atoms with E-state index in [4.69, 9.17) is 5.26 Å². The maximum Gasteiger partial charge on any atom is 0.280 e. The number of thiazole rings is 1. The van der Waals surface area contributed by atoms with Crippen molar-refractivity contribution in [2.24, 2.45) is 0 Å². The maximum atomic E-state index is 12.3. The number of hydrogen-bond acceptors (Lipinski definition) is 7. The molecular weight excluding hydrogens is 404 g/mol. The predicted molar refractivity (Wildman–Crippen MR) is 117 cm³/mol. The molecule has 0 fully saturated rings. The second kappa shape index (κ2) is 9.56. The zero-order valence-electron chi connectivity index (χ0n) is 16.0. The molecule has 29 heavy (non-hydrogen) atoms. The van der Waals surface area contributed by atoms with Crippen LogP contribution >= 0.6 is 23.3 Å². The van der Waals surface area contributed by atoms with E-state index in [-0.39, 0.29) is 12.5 Å². The molecule has 0 aliphatic carbocycles. The van der Waals surface area contributed by atoms with Gasteiger partial charge in [-0.3, -0.25) is 9.52 Å². The van der Waals surface area contributed by atoms with Gasteiger partial charge in [-0.2, -0.15) is 5.26 Å². The number of aliphatic hydroxyl groups is 1. The van der Waals surface area contributed by atoms with Crippen LogP contribution in [0.5, 0.6) is 0 Å². The molecule has 0 aliphatic heterocycles. The molecule has 2 N–H and O–H groups in total. The highest BCUT2D eigenvalue weighted by Gasteiger charge is 2.27. The quantitative estimate of drug-likeness (QED) is 0.553. The lowest BCUT2D eigenvalue weighted by Gasteiger charge is -2.30. The van der Waals surface area contributed by atoms with Crippen molar-refractivity contribution in [3.8, 4) is 6.07 Å². The molecule has 0 saturated carbocycles. The minimum Gasteiger partial charge on any atom is -0.394 e. The summed E-state index contributed by atoms with van der Waals surface area (Å²) in [4.78, 5) is 19.6. The fourth-order valence-corrected chi connectivity index (χ4v) is 4.23. The van der Waals surface area contributed by atoms with Gasteiger partial charge in [-0.05, 0) is 36.8 Å². The molecule has 0 aliphatic rings. The van der Waals surface area contributed by atoms with Crippen molar-refractivity contribution in [3.05, 3.63) is 76.3 Å². The van der Waals surface area contributed by atoms with Crippen molar-refractivity contribution in [3.63, 3.8) is 0 Å². The Kier molecular flexibility index (Phi) is 6.88. The summed E-state index contributed by atoms with van der Waals surface area (Å²) in [6.45, 7) is 1.71. The summed E-state index contributed by atoms with van der Waals surface area (Å²) in [5.74, 6) is -0.252. The smallest absolute Gasteiger partial charge is 0.280 e. The van der Waals surface area contributed by atoms with Crippen molar-refractivity contribution in [1.82, 2.24) is 9.71 Å². The monoisotopic (exact) mass is 424 g/mol. The Bertz CT molecular complexity index is 1010. The molecule has 1 amide bonds. The van der Waals surface area contributed by atoms with E-state index in [0.29, 0.717) is 16.4 Å². The normalized spacial score (nSPS) is 11.5. The SMILES string of the molecule is CSNC(=O)c1nc(N(c2ccc(C#N)cc2)C(CO)c2ccccc2)sc1C. The van der Waals surface area contributed by atoms with Crippen LogP contribution in [0.2, 0.25) is 0 Å². The third-order valence-corrected chi connectivity index (χ3v) is 5.70. The molecule has 0 bridgehead atoms. The highest BCUT2D eigenvalue weighted by molar-refractivity contribution is 7.97. The maximum absolute atomic E-state index is 12.3. The number of nitrogens with one attached hydrogen (secondary N) is 1. The first kappa shape index (κ1) is 20.9. The van der Waals surface area contributed by atoms with Gasteiger partial charge in [0.1, 0.15) is 5.69 Å². The van der Waals surface area contributed by atoms with Crippen molar-refractivity contribution in [2.75, 3.05) is 17.8 Å². The highest BCUT2D eigenvalue weighted by Crippen LogP contribution is 2.38. The molecule has 0 saturated heterocycles. The van der Waals surface area contributed by atoms with Gasteiger partial charge >= 0.3 is 0 Å². The topological polar surface area (TPSA) is 89.3 Å². The van der Waals surface area contributed by atoms with E-state index in [0.717, 1.165) is 16.1 Å². The minimum atomic E-state index is -0.397. The van der Waals surface area contributed by atoms with Gasteiger partial charge in [0.15, 0.2) is 5.13 Å². The highest BCUT2D eigenvalue weighted by atomic mass is 32.2. The van der Waals surface area contributed by atoms with Crippen LogP contribution in [0.4, 0.5) is 10.8 Å². The van der Waals surface area contributed by atoms with Crippen LogP contribution in [0, 0.1) is 18.3 Å². The van der Waals surface area contributed by atoms with Crippen LogP contribution in [0.25, 0.3) is 0 Å². The number of aliphatic hydroxyl groups excluding tert-OH is 1. The molecular formula is C21H20N4O2S2. The summed E-state index contributed by atoms with van der Waals surface area (Å²) in [6, 6.07) is 18.5. The van der Waals surface area contributed by atoms with E-state index in [1.807, 2.05) is 54.3 Å². The first-order valence-corrected chi connectivity index (χ1v) is 10.9. The van der Waals surface area contributed by atoms with Crippen LogP contribution in [0.1, 0.15) is 32.5 Å². The van der Waals surface area contributed by atoms with Gasteiger partial charge in [0, 0.05) is 16.8 Å². The average Bonchev–Trinajstić information content (AvgIpc) is 3.14. The van der Waals surface area contributed by atoms with Gasteiger partial charge in [0.05, 0.1) is 24.3 Å². The molecule has 148 valence electrons. The summed E-state index contributed by atoms with van der Waals surface area (Å²) in [5, 5.41) is 20.0. The number of carbonyl (C=O) groups excluding carboxylic acids is 1. The van der Waals surface area contributed by atoms with Crippen molar-refractivity contribution in [2.45, 2.75) is 13.0 Å². The summed E-state index contributed by atoms with van der Waals surface area (Å²) in [6.07, 6.45) is 1.78. The fraction of sp³-hybridized carbons (Fsp3) is 0.190. The van der Waals surface area contributed by atoms with E-state index in [2.05, 4.69) is 15.8 Å². The van der Waals surface area contributed by atoms with E-state index < -0.39 is 6.04 Å². The summed E-state index contributed by atoms with van der Waals surface area (Å²) in [5.41, 5.74) is 2.60. The van der Waals surface area contributed by atoms with Gasteiger partial charge in [-0.1, -0.05) is 42.3 Å². The number of carbonyl (C=O) groups is 1. The van der Waals surface area contributed by atoms with Crippen LogP contribution in [0.3, 0.4) is 0 Å². The molecule has 2 aromatic carbocycles. The van der Waals surface area contributed by atoms with Gasteiger partial charge < -0.3 is 10.0 Å². The predicted octanol–water partition coefficient (Wildman–Crippen LogP) is 4.20. The number of nitrogens with zero attached hydrogens (tertiary/aromatic N) is 3. The molecule has 1 aromatic heterocycles. The number of amides is 1. The first-order chi connectivity index (χ1) is 14.1. The largest absolute Gasteiger partial charge is 0.394 e. The third-order valence-electron chi connectivity index (χ3n) is 4.34. The third kappa shape index (κ3) is 4.59. The number of hydrogen-bond donors (Lipinski definition) is 2. The van der Waals surface area contributed by atoms with Crippen LogP contribution in [0.15, 0.2) is 54.6 Å². The number of anilines is 2. The molecule has 6 nitrogen and oxygen atoms in total. The van der Waals surface area contributed by atoms with Crippen molar-refractivity contribution >= 4 is 40.0 Å². The molecule has 1 atom stereocenters. The van der Waals surface area contributed by atoms with E-state index in [1.54, 1.807) is 18.4 Å². The second-order valence-corrected chi connectivity index (χ2v) is 7.97. The van der Waals surface area contributed by atoms with Gasteiger partial charge in [0.2, 0.25) is 0 Å². The number of nitriles is 1. The lowest BCUT2D eigenvalue weighted by Crippen LogP contribution is -2.27. The van der Waals surface area contributed by atoms with E-state index in [1.165, 1.54) is 23.3 Å². The van der Waals surface area contributed by atoms with Gasteiger partial charge in [-0.25, -0.2) is 4.98 Å². The summed E-state index contributed by atoms with van der Waals surface area (Å²) >= 11 is 2.61. The lowest BCUT2D eigenvalue weighted by molar-refractivity contribution is 0.0980. The molecule has 3 rings (SSSR count). The van der Waals surface area contributed by atoms with Crippen molar-refractivity contribution < 1.29 is 9.90 Å². The molecule has 0 spiro atoms. The van der Waals surface area contributed by atoms with Crippen LogP contribution in [-0.2, 0) is 0 Å². The van der Waals surface area contributed by atoms with Gasteiger partial charge in [0.25, 0.3) is 5.91 Å². The number of benzene rings is 2. The first-order valence-electron chi connectivity index (χ1n) is 8.85. The average molecular weight is 425 g/mol. The zero-order chi connectivity index (χ0) is 20.8. The molecule has 3 aromatic rings. The Morgan fingerprint density at radius 3 is 2.55 bits per heavy atom. The second-order valence-electron chi connectivity index (χ2n) is 6.17. The zero-order valence-corrected chi connectivity index (χ0v) is 17.6. The van der Waals surface area contributed by atoms with Crippen LogP contribution < -0.4 is 9.62 Å². The standard InChI is InChI=1S/C21H20N4O2S2/c1-14-19(20(27)24-28-2)23-21(29-14)25(17-10-8-15(12-22)9-11-17)18(13-26)16-6-4-3-5-7-16/h3-11,18,26H,13H2,1-2H3,(H,24,27). The number of aryl methyl sites for hydroxylation is 1. The van der Waals surface area contributed by atoms with Crippen LogP contribution in [-0.4, -0.2) is 28.9 Å². The van der Waals surface area contributed by atoms with Crippen molar-refractivity contribution in [1.29, 1.82) is 5.26 Å². The molecule has 1 heterocycles. The summed E-state index contributed by atoms with van der Waals surface area (Å²) in [7, 11) is 0. The number of rotatable bonds is 7. The molecule has 1 unspecified atom stereocenters. The number of aromatic nitrogens is 1. The Hall–Kier alpha value is -2.86. The molecule has 0 radical (unpaired) electrons. The fourth-order valence-electron chi connectivity index (χ4n) is 2.97. The Morgan fingerprint density at radius 2 is 1.97 bits per heavy atom. The van der Waals surface area contributed by atoms with E-state index in [9.17, 15) is 9.90 Å². The van der Waals surface area contributed by atoms with E-state index >= 15 is 0 Å². The minimum absolute atomic E-state index is 0.144. The van der Waals surface area contributed by atoms with Gasteiger partial charge in [-0.15, -0.1) is 11.3 Å². The Labute approximate surface area is 178 Å². The molecule has 8 heteroatoms. The Morgan fingerprint density at radius 1 is 1.28 bits per heavy atom. The lowest BCUT2D eigenvalue weighted by atomic mass is 10.1.